The molecule has 0 aliphatic rings. The fourth-order valence-corrected chi connectivity index (χ4v) is 2.91. The van der Waals surface area contributed by atoms with Crippen molar-refractivity contribution < 1.29 is 9.90 Å². The summed E-state index contributed by atoms with van der Waals surface area (Å²) >= 11 is 7.39. The van der Waals surface area contributed by atoms with Crippen molar-refractivity contribution >= 4 is 40.2 Å². The van der Waals surface area contributed by atoms with Crippen molar-refractivity contribution in [2.24, 2.45) is 5.73 Å². The quantitative estimate of drug-likeness (QED) is 0.848. The van der Waals surface area contributed by atoms with Crippen LogP contribution in [0.1, 0.15) is 5.69 Å². The van der Waals surface area contributed by atoms with E-state index in [1.54, 1.807) is 6.07 Å². The van der Waals surface area contributed by atoms with Crippen molar-refractivity contribution in [2.75, 3.05) is 5.75 Å². The number of benzene rings is 1. The summed E-state index contributed by atoms with van der Waals surface area (Å²) in [4.78, 5) is 16.1. The Labute approximate surface area is 120 Å². The molecule has 0 unspecified atom stereocenters. The molecule has 1 atom stereocenters. The maximum atomic E-state index is 10.7. The van der Waals surface area contributed by atoms with E-state index >= 15 is 0 Å². The van der Waals surface area contributed by atoms with Gasteiger partial charge in [0.25, 0.3) is 0 Å². The maximum Gasteiger partial charge on any atom is 0.321 e. The molecule has 2 aromatic rings. The van der Waals surface area contributed by atoms with Crippen LogP contribution in [0.25, 0.3) is 10.9 Å². The minimum Gasteiger partial charge on any atom is -0.480 e. The molecule has 2 rings (SSSR count). The van der Waals surface area contributed by atoms with E-state index in [0.717, 1.165) is 21.5 Å². The number of carboxylic acid groups (broad SMARTS) is 1. The number of pyridine rings is 1. The lowest BCUT2D eigenvalue weighted by atomic mass is 10.2. The largest absolute Gasteiger partial charge is 0.480 e. The molecule has 0 spiro atoms. The number of carboxylic acids is 1. The van der Waals surface area contributed by atoms with E-state index in [9.17, 15) is 4.79 Å². The predicted octanol–water partition coefficient (Wildman–Crippen LogP) is 2.70. The second kappa shape index (κ2) is 5.77. The number of fused-ring (bicyclic) bond motifs is 1. The molecule has 4 nitrogen and oxygen atoms in total. The fourth-order valence-electron chi connectivity index (χ4n) is 1.66. The zero-order valence-corrected chi connectivity index (χ0v) is 11.8. The van der Waals surface area contributed by atoms with Crippen LogP contribution in [0.2, 0.25) is 5.02 Å². The van der Waals surface area contributed by atoms with Crippen molar-refractivity contribution in [1.29, 1.82) is 0 Å². The molecule has 3 N–H and O–H groups in total. The molecular formula is C13H13ClN2O2S. The number of nitrogens with zero attached hydrogens (tertiary/aromatic N) is 1. The number of carbonyl (C=O) groups is 1. The van der Waals surface area contributed by atoms with E-state index in [0.29, 0.717) is 10.8 Å². The molecule has 0 fully saturated rings. The van der Waals surface area contributed by atoms with Crippen LogP contribution in [0, 0.1) is 6.92 Å². The van der Waals surface area contributed by atoms with Crippen LogP contribution in [0.3, 0.4) is 0 Å². The summed E-state index contributed by atoms with van der Waals surface area (Å²) in [5.74, 6) is -0.693. The number of aromatic nitrogens is 1. The highest BCUT2D eigenvalue weighted by atomic mass is 35.5. The molecule has 19 heavy (non-hydrogen) atoms. The van der Waals surface area contributed by atoms with Crippen LogP contribution >= 0.6 is 23.4 Å². The van der Waals surface area contributed by atoms with Gasteiger partial charge in [0.05, 0.1) is 5.52 Å². The van der Waals surface area contributed by atoms with Crippen molar-refractivity contribution in [1.82, 2.24) is 4.98 Å². The average Bonchev–Trinajstić information content (AvgIpc) is 2.36. The highest BCUT2D eigenvalue weighted by Gasteiger charge is 2.13. The number of hydrogen-bond acceptors (Lipinski definition) is 4. The lowest BCUT2D eigenvalue weighted by Gasteiger charge is -2.10. The highest BCUT2D eigenvalue weighted by Crippen LogP contribution is 2.30. The summed E-state index contributed by atoms with van der Waals surface area (Å²) in [6.07, 6.45) is 0. The molecule has 1 aromatic heterocycles. The molecule has 1 aromatic carbocycles. The summed E-state index contributed by atoms with van der Waals surface area (Å²) in [6.45, 7) is 1.90. The standard InChI is InChI=1S/C13H13ClN2O2S/c1-7-4-12(19-6-10(15)13(17)18)9-5-8(14)2-3-11(9)16-7/h2-5,10H,6,15H2,1H3,(H,17,18)/t10-/m1/s1. The predicted molar refractivity (Wildman–Crippen MR) is 77.8 cm³/mol. The lowest BCUT2D eigenvalue weighted by molar-refractivity contribution is -0.137. The Morgan fingerprint density at radius 3 is 2.95 bits per heavy atom. The molecule has 0 radical (unpaired) electrons. The van der Waals surface area contributed by atoms with Gasteiger partial charge in [0.15, 0.2) is 0 Å². The van der Waals surface area contributed by atoms with Gasteiger partial charge in [0, 0.05) is 26.8 Å². The van der Waals surface area contributed by atoms with Crippen molar-refractivity contribution in [2.45, 2.75) is 17.9 Å². The van der Waals surface area contributed by atoms with Gasteiger partial charge in [-0.1, -0.05) is 11.6 Å². The van der Waals surface area contributed by atoms with Gasteiger partial charge < -0.3 is 10.8 Å². The average molecular weight is 297 g/mol. The molecule has 0 saturated heterocycles. The van der Waals surface area contributed by atoms with E-state index in [1.807, 2.05) is 25.1 Å². The number of rotatable bonds is 4. The van der Waals surface area contributed by atoms with Crippen LogP contribution in [0.4, 0.5) is 0 Å². The summed E-state index contributed by atoms with van der Waals surface area (Å²) in [7, 11) is 0. The fraction of sp³-hybridized carbons (Fsp3) is 0.231. The topological polar surface area (TPSA) is 76.2 Å². The third kappa shape index (κ3) is 3.37. The Kier molecular flexibility index (Phi) is 4.29. The minimum absolute atomic E-state index is 0.306. The molecule has 0 aliphatic heterocycles. The summed E-state index contributed by atoms with van der Waals surface area (Å²) < 4.78 is 0. The van der Waals surface area contributed by atoms with Crippen molar-refractivity contribution in [3.63, 3.8) is 0 Å². The third-order valence-electron chi connectivity index (χ3n) is 2.60. The number of hydrogen-bond donors (Lipinski definition) is 2. The van der Waals surface area contributed by atoms with Gasteiger partial charge in [-0.15, -0.1) is 11.8 Å². The van der Waals surface area contributed by atoms with Crippen LogP contribution in [0.5, 0.6) is 0 Å². The maximum absolute atomic E-state index is 10.7. The molecule has 0 saturated carbocycles. The number of aliphatic carboxylic acids is 1. The molecule has 6 heteroatoms. The Balaban J connectivity index is 2.36. The first-order chi connectivity index (χ1) is 8.97. The Morgan fingerprint density at radius 1 is 1.53 bits per heavy atom. The third-order valence-corrected chi connectivity index (χ3v) is 4.01. The monoisotopic (exact) mass is 296 g/mol. The smallest absolute Gasteiger partial charge is 0.321 e. The van der Waals surface area contributed by atoms with Gasteiger partial charge in [-0.25, -0.2) is 0 Å². The Morgan fingerprint density at radius 2 is 2.26 bits per heavy atom. The Hall–Kier alpha value is -1.30. The van der Waals surface area contributed by atoms with Gasteiger partial charge in [-0.05, 0) is 31.2 Å². The Bertz CT molecular complexity index is 633. The number of nitrogens with two attached hydrogens (primary N) is 1. The summed E-state index contributed by atoms with van der Waals surface area (Å²) in [5, 5.41) is 10.3. The molecular weight excluding hydrogens is 284 g/mol. The second-order valence-corrected chi connectivity index (χ2v) is 5.68. The molecule has 0 bridgehead atoms. The van der Waals surface area contributed by atoms with Crippen LogP contribution in [-0.4, -0.2) is 27.9 Å². The number of aryl methyl sites for hydroxylation is 1. The van der Waals surface area contributed by atoms with E-state index in [2.05, 4.69) is 4.98 Å². The van der Waals surface area contributed by atoms with Gasteiger partial charge in [0.2, 0.25) is 0 Å². The van der Waals surface area contributed by atoms with Crippen molar-refractivity contribution in [3.05, 3.63) is 35.0 Å². The second-order valence-electron chi connectivity index (χ2n) is 4.18. The minimum atomic E-state index is -0.999. The normalized spacial score (nSPS) is 12.6. The van der Waals surface area contributed by atoms with Gasteiger partial charge >= 0.3 is 5.97 Å². The highest BCUT2D eigenvalue weighted by molar-refractivity contribution is 7.99. The van der Waals surface area contributed by atoms with E-state index in [4.69, 9.17) is 22.4 Å². The number of thioether (sulfide) groups is 1. The number of halogens is 1. The SMILES string of the molecule is Cc1cc(SC[C@@H](N)C(=O)O)c2cc(Cl)ccc2n1. The zero-order valence-electron chi connectivity index (χ0n) is 10.3. The van der Waals surface area contributed by atoms with Gasteiger partial charge in [-0.2, -0.15) is 0 Å². The molecule has 0 amide bonds. The summed E-state index contributed by atoms with van der Waals surface area (Å²) in [5.41, 5.74) is 7.23. The van der Waals surface area contributed by atoms with Crippen LogP contribution in [0.15, 0.2) is 29.2 Å². The van der Waals surface area contributed by atoms with Crippen molar-refractivity contribution in [3.8, 4) is 0 Å². The van der Waals surface area contributed by atoms with E-state index < -0.39 is 12.0 Å². The molecule has 1 heterocycles. The van der Waals surface area contributed by atoms with Gasteiger partial charge in [-0.3, -0.25) is 9.78 Å². The summed E-state index contributed by atoms with van der Waals surface area (Å²) in [6, 6.07) is 6.50. The van der Waals surface area contributed by atoms with Crippen LogP contribution in [-0.2, 0) is 4.79 Å². The van der Waals surface area contributed by atoms with Crippen LogP contribution < -0.4 is 5.73 Å². The first-order valence-electron chi connectivity index (χ1n) is 5.65. The zero-order chi connectivity index (χ0) is 14.0. The first kappa shape index (κ1) is 14.1. The molecule has 0 aliphatic carbocycles. The van der Waals surface area contributed by atoms with Gasteiger partial charge in [0.1, 0.15) is 6.04 Å². The molecule has 100 valence electrons. The van der Waals surface area contributed by atoms with E-state index in [-0.39, 0.29) is 0 Å². The van der Waals surface area contributed by atoms with E-state index in [1.165, 1.54) is 11.8 Å². The lowest BCUT2D eigenvalue weighted by Crippen LogP contribution is -2.32. The first-order valence-corrected chi connectivity index (χ1v) is 7.02.